The van der Waals surface area contributed by atoms with Crippen LogP contribution in [0.15, 0.2) is 24.7 Å². The molecule has 0 radical (unpaired) electrons. The molecule has 5 heteroatoms. The summed E-state index contributed by atoms with van der Waals surface area (Å²) < 4.78 is 0. The third kappa shape index (κ3) is 1.93. The van der Waals surface area contributed by atoms with E-state index in [1.54, 1.807) is 6.20 Å². The van der Waals surface area contributed by atoms with Crippen LogP contribution in [0.1, 0.15) is 12.8 Å². The molecule has 1 saturated carbocycles. The second kappa shape index (κ2) is 3.92. The Morgan fingerprint density at radius 3 is 2.94 bits per heavy atom. The maximum atomic E-state index is 9.26. The van der Waals surface area contributed by atoms with Gasteiger partial charge in [-0.3, -0.25) is 0 Å². The molecule has 0 aromatic carbocycles. The summed E-state index contributed by atoms with van der Waals surface area (Å²) in [4.78, 5) is 12.5. The molecule has 0 amide bonds. The van der Waals surface area contributed by atoms with Gasteiger partial charge >= 0.3 is 0 Å². The summed E-state index contributed by atoms with van der Waals surface area (Å²) in [6.07, 6.45) is 5.39. The molecule has 2 heterocycles. The zero-order valence-corrected chi connectivity index (χ0v) is 9.43. The quantitative estimate of drug-likeness (QED) is 0.826. The Kier molecular flexibility index (Phi) is 2.40. The van der Waals surface area contributed by atoms with Crippen molar-refractivity contribution in [1.82, 2.24) is 15.0 Å². The predicted octanol–water partition coefficient (Wildman–Crippen LogP) is 1.21. The summed E-state index contributed by atoms with van der Waals surface area (Å²) in [5, 5.41) is 13.5. The van der Waals surface area contributed by atoms with Gasteiger partial charge in [0.25, 0.3) is 0 Å². The van der Waals surface area contributed by atoms with E-state index < -0.39 is 0 Å². The van der Waals surface area contributed by atoms with Gasteiger partial charge in [0, 0.05) is 18.2 Å². The van der Waals surface area contributed by atoms with E-state index in [2.05, 4.69) is 20.3 Å². The Labute approximate surface area is 98.9 Å². The van der Waals surface area contributed by atoms with Crippen molar-refractivity contribution >= 4 is 16.9 Å². The van der Waals surface area contributed by atoms with Gasteiger partial charge in [-0.15, -0.1) is 0 Å². The average Bonchev–Trinajstić information content (AvgIpc) is 3.17. The van der Waals surface area contributed by atoms with Crippen molar-refractivity contribution in [2.24, 2.45) is 5.41 Å². The monoisotopic (exact) mass is 230 g/mol. The molecule has 3 rings (SSSR count). The second-order valence-electron chi connectivity index (χ2n) is 4.61. The fourth-order valence-electron chi connectivity index (χ4n) is 1.88. The summed E-state index contributed by atoms with van der Waals surface area (Å²) >= 11 is 0. The number of hydrogen-bond acceptors (Lipinski definition) is 5. The fraction of sp³-hybridized carbons (Fsp3) is 0.417. The minimum absolute atomic E-state index is 0.0689. The van der Waals surface area contributed by atoms with Crippen LogP contribution in [0.5, 0.6) is 0 Å². The lowest BCUT2D eigenvalue weighted by molar-refractivity contribution is 0.219. The molecular formula is C12H14N4O. The van der Waals surface area contributed by atoms with E-state index in [1.807, 2.05) is 12.1 Å². The van der Waals surface area contributed by atoms with E-state index in [1.165, 1.54) is 6.33 Å². The molecule has 0 aliphatic heterocycles. The molecule has 0 saturated heterocycles. The molecule has 1 fully saturated rings. The highest BCUT2D eigenvalue weighted by atomic mass is 16.3. The van der Waals surface area contributed by atoms with Crippen molar-refractivity contribution in [3.63, 3.8) is 0 Å². The summed E-state index contributed by atoms with van der Waals surface area (Å²) in [7, 11) is 0. The van der Waals surface area contributed by atoms with E-state index in [4.69, 9.17) is 0 Å². The highest BCUT2D eigenvalue weighted by Gasteiger charge is 2.41. The lowest BCUT2D eigenvalue weighted by atomic mass is 10.1. The molecule has 2 aromatic rings. The van der Waals surface area contributed by atoms with Gasteiger partial charge in [-0.05, 0) is 25.0 Å². The molecule has 0 spiro atoms. The Morgan fingerprint density at radius 1 is 1.29 bits per heavy atom. The van der Waals surface area contributed by atoms with Crippen LogP contribution in [0.4, 0.5) is 5.82 Å². The summed E-state index contributed by atoms with van der Waals surface area (Å²) in [5.74, 6) is 0.794. The maximum Gasteiger partial charge on any atom is 0.164 e. The predicted molar refractivity (Wildman–Crippen MR) is 64.6 cm³/mol. The second-order valence-corrected chi connectivity index (χ2v) is 4.61. The number of aliphatic hydroxyl groups is 1. The number of pyridine rings is 1. The highest BCUT2D eigenvalue weighted by Crippen LogP contribution is 2.44. The molecule has 88 valence electrons. The molecule has 0 bridgehead atoms. The van der Waals surface area contributed by atoms with Gasteiger partial charge in [0.05, 0.1) is 12.0 Å². The standard InChI is InChI=1S/C12H14N4O/c17-7-12(3-4-12)6-14-11-9-2-1-5-13-10(9)15-8-16-11/h1-2,5,8,17H,3-4,6-7H2,(H,13,14,15,16). The largest absolute Gasteiger partial charge is 0.396 e. The van der Waals surface area contributed by atoms with E-state index in [-0.39, 0.29) is 12.0 Å². The Bertz CT molecular complexity index is 534. The SMILES string of the molecule is OCC1(CNc2ncnc3ncccc23)CC1. The minimum Gasteiger partial charge on any atom is -0.396 e. The van der Waals surface area contributed by atoms with Gasteiger partial charge in [0.15, 0.2) is 5.65 Å². The number of hydrogen-bond donors (Lipinski definition) is 2. The van der Waals surface area contributed by atoms with Crippen LogP contribution in [0.25, 0.3) is 11.0 Å². The Balaban J connectivity index is 1.85. The van der Waals surface area contributed by atoms with Gasteiger partial charge in [-0.25, -0.2) is 15.0 Å². The number of aliphatic hydroxyl groups excluding tert-OH is 1. The van der Waals surface area contributed by atoms with Crippen LogP contribution >= 0.6 is 0 Å². The zero-order chi connectivity index (χ0) is 11.7. The third-order valence-corrected chi connectivity index (χ3v) is 3.33. The van der Waals surface area contributed by atoms with E-state index in [9.17, 15) is 5.11 Å². The van der Waals surface area contributed by atoms with Crippen LogP contribution in [0.2, 0.25) is 0 Å². The Morgan fingerprint density at radius 2 is 2.18 bits per heavy atom. The molecular weight excluding hydrogens is 216 g/mol. The minimum atomic E-state index is 0.0689. The average molecular weight is 230 g/mol. The van der Waals surface area contributed by atoms with E-state index in [0.717, 1.165) is 30.6 Å². The summed E-state index contributed by atoms with van der Waals surface area (Å²) in [6, 6.07) is 3.82. The number of nitrogens with zero attached hydrogens (tertiary/aromatic N) is 3. The van der Waals surface area contributed by atoms with Crippen molar-refractivity contribution < 1.29 is 5.11 Å². The van der Waals surface area contributed by atoms with Gasteiger partial charge < -0.3 is 10.4 Å². The zero-order valence-electron chi connectivity index (χ0n) is 9.43. The first-order valence-electron chi connectivity index (χ1n) is 5.73. The molecule has 1 aliphatic rings. The first kappa shape index (κ1) is 10.4. The molecule has 1 aliphatic carbocycles. The van der Waals surface area contributed by atoms with Crippen molar-refractivity contribution in [3.8, 4) is 0 Å². The molecule has 2 N–H and O–H groups in total. The normalized spacial score (nSPS) is 17.0. The first-order chi connectivity index (χ1) is 8.33. The van der Waals surface area contributed by atoms with Crippen molar-refractivity contribution in [1.29, 1.82) is 0 Å². The van der Waals surface area contributed by atoms with Gasteiger partial charge in [-0.2, -0.15) is 0 Å². The smallest absolute Gasteiger partial charge is 0.164 e. The molecule has 2 aromatic heterocycles. The lowest BCUT2D eigenvalue weighted by Gasteiger charge is -2.13. The van der Waals surface area contributed by atoms with Crippen LogP contribution in [-0.4, -0.2) is 33.2 Å². The fourth-order valence-corrected chi connectivity index (χ4v) is 1.88. The number of rotatable bonds is 4. The van der Waals surface area contributed by atoms with Crippen molar-refractivity contribution in [3.05, 3.63) is 24.7 Å². The molecule has 17 heavy (non-hydrogen) atoms. The number of aromatic nitrogens is 3. The van der Waals surface area contributed by atoms with Crippen LogP contribution in [0, 0.1) is 5.41 Å². The van der Waals surface area contributed by atoms with Gasteiger partial charge in [0.1, 0.15) is 12.1 Å². The summed E-state index contributed by atoms with van der Waals surface area (Å²) in [6.45, 7) is 0.992. The number of nitrogens with one attached hydrogen (secondary N) is 1. The van der Waals surface area contributed by atoms with Crippen LogP contribution in [0.3, 0.4) is 0 Å². The maximum absolute atomic E-state index is 9.26. The molecule has 0 unspecified atom stereocenters. The third-order valence-electron chi connectivity index (χ3n) is 3.33. The first-order valence-corrected chi connectivity index (χ1v) is 5.73. The Hall–Kier alpha value is -1.75. The van der Waals surface area contributed by atoms with Crippen LogP contribution in [-0.2, 0) is 0 Å². The number of anilines is 1. The van der Waals surface area contributed by atoms with E-state index >= 15 is 0 Å². The number of fused-ring (bicyclic) bond motifs is 1. The summed E-state index contributed by atoms with van der Waals surface area (Å²) in [5.41, 5.74) is 0.762. The van der Waals surface area contributed by atoms with Crippen molar-refractivity contribution in [2.75, 3.05) is 18.5 Å². The van der Waals surface area contributed by atoms with Gasteiger partial charge in [-0.1, -0.05) is 0 Å². The van der Waals surface area contributed by atoms with E-state index in [0.29, 0.717) is 5.65 Å². The lowest BCUT2D eigenvalue weighted by Crippen LogP contribution is -2.19. The van der Waals surface area contributed by atoms with Crippen LogP contribution < -0.4 is 5.32 Å². The van der Waals surface area contributed by atoms with Gasteiger partial charge in [0.2, 0.25) is 0 Å². The topological polar surface area (TPSA) is 70.9 Å². The molecule has 0 atom stereocenters. The molecule has 5 nitrogen and oxygen atoms in total. The highest BCUT2D eigenvalue weighted by molar-refractivity contribution is 5.85. The van der Waals surface area contributed by atoms with Crippen molar-refractivity contribution in [2.45, 2.75) is 12.8 Å².